The molecule has 2 aromatic heterocycles. The van der Waals surface area contributed by atoms with Gasteiger partial charge in [-0.2, -0.15) is 0 Å². The normalized spacial score (nSPS) is 19.1. The summed E-state index contributed by atoms with van der Waals surface area (Å²) >= 11 is 6.15. The van der Waals surface area contributed by atoms with Crippen LogP contribution < -0.4 is 5.43 Å². The van der Waals surface area contributed by atoms with Crippen LogP contribution in [0, 0.1) is 0 Å². The number of rotatable bonds is 5. The number of benzene rings is 2. The van der Waals surface area contributed by atoms with Crippen molar-refractivity contribution >= 4 is 28.5 Å². The van der Waals surface area contributed by atoms with Crippen LogP contribution in [0.15, 0.2) is 80.6 Å². The number of fused-ring (bicyclic) bond motifs is 2. The summed E-state index contributed by atoms with van der Waals surface area (Å²) in [5, 5.41) is 1.06. The number of likely N-dealkylation sites (tertiary alicyclic amines) is 1. The lowest BCUT2D eigenvalue weighted by atomic mass is 9.98. The summed E-state index contributed by atoms with van der Waals surface area (Å²) in [7, 11) is 0. The number of carbonyl (C=O) groups is 1. The number of halogens is 1. The number of carbonyl (C=O) groups excluding carboxylic acids is 1. The molecular weight excluding hydrogens is 452 g/mol. The lowest BCUT2D eigenvalue weighted by Gasteiger charge is -2.33. The molecular formula is C27H23ClN2O4. The third kappa shape index (κ3) is 3.45. The first-order valence-electron chi connectivity index (χ1n) is 11.5. The molecule has 172 valence electrons. The molecule has 4 heterocycles. The predicted octanol–water partition coefficient (Wildman–Crippen LogP) is 5.42. The van der Waals surface area contributed by atoms with Crippen molar-refractivity contribution in [1.29, 1.82) is 0 Å². The molecule has 0 saturated carbocycles. The molecule has 2 atom stereocenters. The lowest BCUT2D eigenvalue weighted by Crippen LogP contribution is -2.39. The molecule has 0 unspecified atom stereocenters. The average molecular weight is 475 g/mol. The quantitative estimate of drug-likeness (QED) is 0.386. The fraction of sp³-hybridized carbons (Fsp3) is 0.259. The Bertz CT molecular complexity index is 1410. The Morgan fingerprint density at radius 1 is 0.971 bits per heavy atom. The minimum Gasteiger partial charge on any atom is -0.468 e. The third-order valence-electron chi connectivity index (χ3n) is 6.88. The van der Waals surface area contributed by atoms with Gasteiger partial charge in [-0.25, -0.2) is 0 Å². The smallest absolute Gasteiger partial charge is 0.290 e. The molecule has 4 aromatic rings. The van der Waals surface area contributed by atoms with Crippen LogP contribution in [-0.2, 0) is 0 Å². The highest BCUT2D eigenvalue weighted by molar-refractivity contribution is 6.30. The van der Waals surface area contributed by atoms with Gasteiger partial charge in [-0.3, -0.25) is 14.5 Å². The first-order chi connectivity index (χ1) is 16.6. The summed E-state index contributed by atoms with van der Waals surface area (Å²) in [4.78, 5) is 31.5. The summed E-state index contributed by atoms with van der Waals surface area (Å²) in [6.45, 7) is 2.25. The molecule has 1 saturated heterocycles. The Hall–Kier alpha value is -3.35. The van der Waals surface area contributed by atoms with E-state index < -0.39 is 6.04 Å². The number of hydrogen-bond acceptors (Lipinski definition) is 5. The highest BCUT2D eigenvalue weighted by Gasteiger charge is 2.44. The van der Waals surface area contributed by atoms with E-state index in [0.29, 0.717) is 28.1 Å². The van der Waals surface area contributed by atoms with Gasteiger partial charge < -0.3 is 13.7 Å². The van der Waals surface area contributed by atoms with E-state index >= 15 is 0 Å². The first kappa shape index (κ1) is 21.2. The van der Waals surface area contributed by atoms with Crippen molar-refractivity contribution in [2.24, 2.45) is 0 Å². The van der Waals surface area contributed by atoms with Crippen molar-refractivity contribution in [3.8, 4) is 0 Å². The monoisotopic (exact) mass is 474 g/mol. The summed E-state index contributed by atoms with van der Waals surface area (Å²) in [6.07, 6.45) is 3.88. The molecule has 0 radical (unpaired) electrons. The van der Waals surface area contributed by atoms with Gasteiger partial charge in [0.15, 0.2) is 5.43 Å². The second-order valence-electron chi connectivity index (χ2n) is 8.86. The Balaban J connectivity index is 1.50. The Morgan fingerprint density at radius 2 is 1.74 bits per heavy atom. The lowest BCUT2D eigenvalue weighted by molar-refractivity contribution is 0.0644. The van der Waals surface area contributed by atoms with Crippen molar-refractivity contribution in [3.05, 3.63) is 105 Å². The molecule has 2 aliphatic rings. The highest BCUT2D eigenvalue weighted by atomic mass is 35.5. The summed E-state index contributed by atoms with van der Waals surface area (Å²) in [5.41, 5.74) is 1.44. The Kier molecular flexibility index (Phi) is 5.27. The van der Waals surface area contributed by atoms with E-state index in [1.54, 1.807) is 47.6 Å². The third-order valence-corrected chi connectivity index (χ3v) is 7.13. The SMILES string of the molecule is O=C1c2oc3ccccc3c(=O)c2[C@H](c2ccc(Cl)cc2)N1C[C@@H](c1ccco1)N1CCCC1. The zero-order valence-corrected chi connectivity index (χ0v) is 19.2. The van der Waals surface area contributed by atoms with Crippen LogP contribution >= 0.6 is 11.6 Å². The highest BCUT2D eigenvalue weighted by Crippen LogP contribution is 2.40. The van der Waals surface area contributed by atoms with Gasteiger partial charge in [0, 0.05) is 11.6 Å². The fourth-order valence-electron chi connectivity index (χ4n) is 5.25. The van der Waals surface area contributed by atoms with Crippen LogP contribution in [0.1, 0.15) is 52.4 Å². The minimum absolute atomic E-state index is 0.114. The van der Waals surface area contributed by atoms with Crippen LogP contribution in [0.25, 0.3) is 11.0 Å². The van der Waals surface area contributed by atoms with E-state index in [2.05, 4.69) is 4.90 Å². The maximum Gasteiger partial charge on any atom is 0.290 e. The standard InChI is InChI=1S/C27H23ClN2O4/c28-18-11-9-17(10-12-18)24-23-25(31)19-6-1-2-7-21(19)34-26(23)27(32)30(24)16-20(22-8-5-15-33-22)29-13-3-4-14-29/h1-2,5-12,15,20,24H,3-4,13-14,16H2/t20-,24-/m0/s1. The van der Waals surface area contributed by atoms with E-state index in [-0.39, 0.29) is 23.1 Å². The van der Waals surface area contributed by atoms with Crippen molar-refractivity contribution in [1.82, 2.24) is 9.80 Å². The van der Waals surface area contributed by atoms with Crippen molar-refractivity contribution in [3.63, 3.8) is 0 Å². The fourth-order valence-corrected chi connectivity index (χ4v) is 5.38. The van der Waals surface area contributed by atoms with E-state index in [4.69, 9.17) is 20.4 Å². The number of furan rings is 1. The first-order valence-corrected chi connectivity index (χ1v) is 11.9. The Morgan fingerprint density at radius 3 is 2.47 bits per heavy atom. The maximum absolute atomic E-state index is 13.8. The number of hydrogen-bond donors (Lipinski definition) is 0. The van der Waals surface area contributed by atoms with Crippen LogP contribution in [0.4, 0.5) is 0 Å². The molecule has 0 bridgehead atoms. The number of para-hydroxylation sites is 1. The second-order valence-corrected chi connectivity index (χ2v) is 9.29. The molecule has 0 aliphatic carbocycles. The Labute approximate surface area is 201 Å². The molecule has 2 aromatic carbocycles. The van der Waals surface area contributed by atoms with Crippen LogP contribution in [-0.4, -0.2) is 35.3 Å². The molecule has 1 fully saturated rings. The van der Waals surface area contributed by atoms with Crippen molar-refractivity contribution < 1.29 is 13.6 Å². The summed E-state index contributed by atoms with van der Waals surface area (Å²) < 4.78 is 11.8. The van der Waals surface area contributed by atoms with E-state index in [1.165, 1.54) is 0 Å². The van der Waals surface area contributed by atoms with Gasteiger partial charge >= 0.3 is 0 Å². The molecule has 1 amide bonds. The van der Waals surface area contributed by atoms with Crippen LogP contribution in [0.5, 0.6) is 0 Å². The van der Waals surface area contributed by atoms with Gasteiger partial charge in [0.05, 0.1) is 29.3 Å². The van der Waals surface area contributed by atoms with Gasteiger partial charge in [-0.05, 0) is 67.9 Å². The van der Waals surface area contributed by atoms with Gasteiger partial charge in [0.1, 0.15) is 11.3 Å². The molecule has 2 aliphatic heterocycles. The van der Waals surface area contributed by atoms with Gasteiger partial charge in [0.25, 0.3) is 5.91 Å². The molecule has 6 rings (SSSR count). The van der Waals surface area contributed by atoms with Crippen LogP contribution in [0.2, 0.25) is 5.02 Å². The summed E-state index contributed by atoms with van der Waals surface area (Å²) in [6, 6.07) is 17.5. The summed E-state index contributed by atoms with van der Waals surface area (Å²) in [5.74, 6) is 0.641. The average Bonchev–Trinajstić information content (AvgIpc) is 3.61. The topological polar surface area (TPSA) is 66.9 Å². The van der Waals surface area contributed by atoms with Gasteiger partial charge in [-0.1, -0.05) is 35.9 Å². The molecule has 0 N–H and O–H groups in total. The maximum atomic E-state index is 13.8. The minimum atomic E-state index is -0.569. The number of nitrogens with zero attached hydrogens (tertiary/aromatic N) is 2. The van der Waals surface area contributed by atoms with Crippen LogP contribution in [0.3, 0.4) is 0 Å². The van der Waals surface area contributed by atoms with Gasteiger partial charge in [-0.15, -0.1) is 0 Å². The molecule has 6 nitrogen and oxygen atoms in total. The van der Waals surface area contributed by atoms with Crippen molar-refractivity contribution in [2.45, 2.75) is 24.9 Å². The zero-order chi connectivity index (χ0) is 23.2. The second kappa shape index (κ2) is 8.46. The predicted molar refractivity (Wildman–Crippen MR) is 129 cm³/mol. The zero-order valence-electron chi connectivity index (χ0n) is 18.4. The van der Waals surface area contributed by atoms with Gasteiger partial charge in [0.2, 0.25) is 5.76 Å². The van der Waals surface area contributed by atoms with E-state index in [1.807, 2.05) is 24.3 Å². The molecule has 0 spiro atoms. The molecule has 34 heavy (non-hydrogen) atoms. The van der Waals surface area contributed by atoms with Crippen molar-refractivity contribution in [2.75, 3.05) is 19.6 Å². The van der Waals surface area contributed by atoms with E-state index in [0.717, 1.165) is 37.3 Å². The molecule has 7 heteroatoms. The largest absolute Gasteiger partial charge is 0.468 e. The number of amides is 1. The van der Waals surface area contributed by atoms with E-state index in [9.17, 15) is 9.59 Å².